The summed E-state index contributed by atoms with van der Waals surface area (Å²) in [6, 6.07) is 21.7. The predicted octanol–water partition coefficient (Wildman–Crippen LogP) is 5.18. The topological polar surface area (TPSA) is 81.8 Å². The molecule has 4 heteroatoms. The van der Waals surface area contributed by atoms with Crippen molar-refractivity contribution >= 4 is 12.2 Å². The van der Waals surface area contributed by atoms with Gasteiger partial charge in [-0.2, -0.15) is 0 Å². The smallest absolute Gasteiger partial charge is 0.222 e. The summed E-state index contributed by atoms with van der Waals surface area (Å²) in [7, 11) is 0. The molecule has 2 aromatic carbocycles. The van der Waals surface area contributed by atoms with Crippen LogP contribution in [0.5, 0.6) is 0 Å². The molecule has 2 aromatic rings. The van der Waals surface area contributed by atoms with Gasteiger partial charge in [0.05, 0.1) is 0 Å². The zero-order valence-corrected chi connectivity index (χ0v) is 14.2. The maximum Gasteiger partial charge on any atom is 0.231 e. The number of benzene rings is 2. The summed E-state index contributed by atoms with van der Waals surface area (Å²) >= 11 is 0. The van der Waals surface area contributed by atoms with E-state index in [4.69, 9.17) is 20.4 Å². The fourth-order valence-electron chi connectivity index (χ4n) is 2.61. The summed E-state index contributed by atoms with van der Waals surface area (Å²) in [5, 5.41) is 10.8. The summed E-state index contributed by atoms with van der Waals surface area (Å²) in [6.45, 7) is 4.62. The Bertz CT molecular complexity index is 603. The Labute approximate surface area is 143 Å². The highest BCUT2D eigenvalue weighted by atomic mass is 16.1. The molecule has 0 saturated heterocycles. The van der Waals surface area contributed by atoms with E-state index in [2.05, 4.69) is 74.5 Å². The molecule has 126 valence electrons. The lowest BCUT2D eigenvalue weighted by Gasteiger charge is -2.20. The molecule has 0 bridgehead atoms. The molecule has 2 unspecified atom stereocenters. The van der Waals surface area contributed by atoms with Crippen molar-refractivity contribution in [1.29, 1.82) is 10.8 Å². The van der Waals surface area contributed by atoms with Gasteiger partial charge >= 0.3 is 0 Å². The number of hydrogen-bond acceptors (Lipinski definition) is 4. The van der Waals surface area contributed by atoms with Crippen molar-refractivity contribution in [3.63, 3.8) is 0 Å². The van der Waals surface area contributed by atoms with Crippen molar-refractivity contribution in [1.82, 2.24) is 0 Å². The zero-order valence-electron chi connectivity index (χ0n) is 14.2. The van der Waals surface area contributed by atoms with E-state index in [1.165, 1.54) is 24.0 Å². The van der Waals surface area contributed by atoms with E-state index in [9.17, 15) is 0 Å². The fourth-order valence-corrected chi connectivity index (χ4v) is 2.61. The molecule has 0 radical (unpaired) electrons. The maximum absolute atomic E-state index is 8.35. The summed E-state index contributed by atoms with van der Waals surface area (Å²) in [5.74, 6) is 1.29. The second-order valence-corrected chi connectivity index (χ2v) is 5.27. The highest BCUT2D eigenvalue weighted by molar-refractivity contribution is 5.26. The second-order valence-electron chi connectivity index (χ2n) is 5.27. The van der Waals surface area contributed by atoms with Gasteiger partial charge in [0, 0.05) is 0 Å². The van der Waals surface area contributed by atoms with Crippen molar-refractivity contribution in [3.8, 4) is 0 Å². The lowest BCUT2D eigenvalue weighted by Crippen LogP contribution is -2.03. The second kappa shape index (κ2) is 13.8. The highest BCUT2D eigenvalue weighted by Gasteiger charge is 2.14. The Kier molecular flexibility index (Phi) is 12.2. The van der Waals surface area contributed by atoms with Crippen LogP contribution in [0.2, 0.25) is 0 Å². The molecular formula is C20H24N2O2. The van der Waals surface area contributed by atoms with E-state index in [0.29, 0.717) is 11.8 Å². The van der Waals surface area contributed by atoms with E-state index in [0.717, 1.165) is 12.2 Å². The molecule has 0 saturated carbocycles. The van der Waals surface area contributed by atoms with E-state index < -0.39 is 0 Å². The molecule has 0 heterocycles. The van der Waals surface area contributed by atoms with Gasteiger partial charge in [-0.3, -0.25) is 0 Å². The van der Waals surface area contributed by atoms with Crippen molar-refractivity contribution in [2.24, 2.45) is 0 Å². The van der Waals surface area contributed by atoms with Gasteiger partial charge in [0.15, 0.2) is 0 Å². The first-order valence-electron chi connectivity index (χ1n) is 7.82. The third kappa shape index (κ3) is 8.60. The van der Waals surface area contributed by atoms with Crippen LogP contribution < -0.4 is 0 Å². The Morgan fingerprint density at radius 2 is 1.21 bits per heavy atom. The van der Waals surface area contributed by atoms with Crippen LogP contribution in [-0.4, -0.2) is 12.2 Å². The van der Waals surface area contributed by atoms with Gasteiger partial charge in [0.25, 0.3) is 0 Å². The minimum atomic E-state index is 0.622. The molecular weight excluding hydrogens is 300 g/mol. The monoisotopic (exact) mass is 324 g/mol. The average Bonchev–Trinajstić information content (AvgIpc) is 2.62. The minimum Gasteiger partial charge on any atom is -0.222 e. The molecule has 0 aromatic heterocycles. The van der Waals surface area contributed by atoms with Crippen LogP contribution >= 0.6 is 0 Å². The molecule has 0 aliphatic carbocycles. The molecule has 0 spiro atoms. The van der Waals surface area contributed by atoms with Crippen LogP contribution in [-0.2, 0) is 9.59 Å². The van der Waals surface area contributed by atoms with Gasteiger partial charge in [-0.1, -0.05) is 74.5 Å². The quantitative estimate of drug-likeness (QED) is 0.587. The van der Waals surface area contributed by atoms with E-state index in [1.807, 2.05) is 0 Å². The Morgan fingerprint density at radius 3 is 1.58 bits per heavy atom. The zero-order chi connectivity index (χ0) is 18.2. The molecule has 0 fully saturated rings. The highest BCUT2D eigenvalue weighted by Crippen LogP contribution is 2.31. The SMILES string of the molecule is CCC(CC(C)c1ccccc1)c1ccccc1.N=C=O.N=C=O. The van der Waals surface area contributed by atoms with Gasteiger partial charge in [0.1, 0.15) is 0 Å². The summed E-state index contributed by atoms with van der Waals surface area (Å²) in [5.41, 5.74) is 2.93. The third-order valence-electron chi connectivity index (χ3n) is 3.77. The van der Waals surface area contributed by atoms with Gasteiger partial charge in [-0.05, 0) is 35.8 Å². The van der Waals surface area contributed by atoms with Crippen LogP contribution in [0.3, 0.4) is 0 Å². The van der Waals surface area contributed by atoms with Crippen molar-refractivity contribution in [3.05, 3.63) is 71.8 Å². The molecule has 2 atom stereocenters. The predicted molar refractivity (Wildman–Crippen MR) is 95.8 cm³/mol. The Hall–Kier alpha value is -2.80. The molecule has 0 aliphatic heterocycles. The Morgan fingerprint density at radius 1 is 0.833 bits per heavy atom. The summed E-state index contributed by atoms with van der Waals surface area (Å²) < 4.78 is 0. The van der Waals surface area contributed by atoms with Crippen LogP contribution in [0.15, 0.2) is 60.7 Å². The van der Waals surface area contributed by atoms with Gasteiger partial charge in [0.2, 0.25) is 12.2 Å². The van der Waals surface area contributed by atoms with Crippen LogP contribution in [0.25, 0.3) is 0 Å². The normalized spacial score (nSPS) is 11.2. The molecule has 0 aliphatic rings. The fraction of sp³-hybridized carbons (Fsp3) is 0.300. The van der Waals surface area contributed by atoms with Gasteiger partial charge in [-0.25, -0.2) is 20.4 Å². The number of rotatable bonds is 5. The molecule has 0 amide bonds. The first-order valence-corrected chi connectivity index (χ1v) is 7.82. The van der Waals surface area contributed by atoms with Crippen molar-refractivity contribution in [2.45, 2.75) is 38.5 Å². The molecule has 2 rings (SSSR count). The Balaban J connectivity index is 0.000000772. The molecule has 2 N–H and O–H groups in total. The van der Waals surface area contributed by atoms with Crippen LogP contribution in [0.1, 0.15) is 49.7 Å². The largest absolute Gasteiger partial charge is 0.231 e. The van der Waals surface area contributed by atoms with E-state index >= 15 is 0 Å². The lowest BCUT2D eigenvalue weighted by atomic mass is 9.85. The minimum absolute atomic E-state index is 0.622. The summed E-state index contributed by atoms with van der Waals surface area (Å²) in [6.07, 6.45) is 3.94. The van der Waals surface area contributed by atoms with E-state index in [-0.39, 0.29) is 0 Å². The molecule has 4 nitrogen and oxygen atoms in total. The average molecular weight is 324 g/mol. The number of isocyanates is 2. The first-order chi connectivity index (χ1) is 11.6. The van der Waals surface area contributed by atoms with Gasteiger partial charge in [-0.15, -0.1) is 0 Å². The van der Waals surface area contributed by atoms with Crippen molar-refractivity contribution < 1.29 is 9.59 Å². The number of hydrogen-bond donors (Lipinski definition) is 2. The molecule has 24 heavy (non-hydrogen) atoms. The van der Waals surface area contributed by atoms with Crippen molar-refractivity contribution in [2.75, 3.05) is 0 Å². The lowest BCUT2D eigenvalue weighted by molar-refractivity contribution is 0.544. The maximum atomic E-state index is 8.35. The number of nitrogens with one attached hydrogen (secondary N) is 2. The third-order valence-corrected chi connectivity index (χ3v) is 3.77. The first kappa shape index (κ1) is 21.2. The summed E-state index contributed by atoms with van der Waals surface area (Å²) in [4.78, 5) is 16.7. The van der Waals surface area contributed by atoms with Crippen LogP contribution in [0, 0.1) is 10.8 Å². The standard InChI is InChI=1S/C18H22.2CHNO/c1-3-16(18-12-8-5-9-13-18)14-15(2)17-10-6-4-7-11-17;2*2-1-3/h4-13,15-16H,3,14H2,1-2H3;2*2H. The van der Waals surface area contributed by atoms with E-state index in [1.54, 1.807) is 0 Å². The van der Waals surface area contributed by atoms with Crippen LogP contribution in [0.4, 0.5) is 0 Å². The van der Waals surface area contributed by atoms with Gasteiger partial charge < -0.3 is 0 Å². The number of carbonyl (C=O) groups excluding carboxylic acids is 2.